The second kappa shape index (κ2) is 9.07. The standard InChI is InChI=1S/C16H34/c1-7-10-16(11-14(6)13(4)5)12-15(8-2)9-3/h13-16H,7-12H2,1-6H3. The Hall–Kier alpha value is 0. The molecule has 0 N–H and O–H groups in total. The first-order chi connectivity index (χ1) is 7.54. The zero-order chi connectivity index (χ0) is 12.6. The molecular formula is C16H34. The molecule has 0 heteroatoms. The molecule has 2 unspecified atom stereocenters. The summed E-state index contributed by atoms with van der Waals surface area (Å²) in [5.41, 5.74) is 0. The van der Waals surface area contributed by atoms with Gasteiger partial charge < -0.3 is 0 Å². The Labute approximate surface area is 104 Å². The first-order valence-electron chi connectivity index (χ1n) is 7.54. The van der Waals surface area contributed by atoms with Gasteiger partial charge in [-0.15, -0.1) is 0 Å². The summed E-state index contributed by atoms with van der Waals surface area (Å²) in [5.74, 6) is 3.69. The zero-order valence-corrected chi connectivity index (χ0v) is 12.6. The van der Waals surface area contributed by atoms with Gasteiger partial charge in [0, 0.05) is 0 Å². The van der Waals surface area contributed by atoms with Crippen molar-refractivity contribution in [3.8, 4) is 0 Å². The molecule has 98 valence electrons. The van der Waals surface area contributed by atoms with Crippen molar-refractivity contribution in [1.29, 1.82) is 0 Å². The summed E-state index contributed by atoms with van der Waals surface area (Å²) < 4.78 is 0. The van der Waals surface area contributed by atoms with Gasteiger partial charge in [0.25, 0.3) is 0 Å². The highest BCUT2D eigenvalue weighted by atomic mass is 14.2. The highest BCUT2D eigenvalue weighted by Crippen LogP contribution is 2.30. The van der Waals surface area contributed by atoms with Crippen molar-refractivity contribution in [3.63, 3.8) is 0 Å². The number of hydrogen-bond donors (Lipinski definition) is 0. The fraction of sp³-hybridized carbons (Fsp3) is 1.00. The molecule has 0 rings (SSSR count). The molecular weight excluding hydrogens is 192 g/mol. The lowest BCUT2D eigenvalue weighted by Gasteiger charge is -2.26. The van der Waals surface area contributed by atoms with Crippen molar-refractivity contribution >= 4 is 0 Å². The molecule has 0 spiro atoms. The normalized spacial score (nSPS) is 15.8. The molecule has 2 atom stereocenters. The summed E-state index contributed by atoms with van der Waals surface area (Å²) in [4.78, 5) is 0. The summed E-state index contributed by atoms with van der Waals surface area (Å²) in [6.07, 6.45) is 8.45. The van der Waals surface area contributed by atoms with Gasteiger partial charge in [0.2, 0.25) is 0 Å². The van der Waals surface area contributed by atoms with E-state index in [1.807, 2.05) is 0 Å². The summed E-state index contributed by atoms with van der Waals surface area (Å²) in [7, 11) is 0. The van der Waals surface area contributed by atoms with E-state index < -0.39 is 0 Å². The Morgan fingerprint density at radius 2 is 1.31 bits per heavy atom. The molecule has 0 heterocycles. The van der Waals surface area contributed by atoms with Crippen LogP contribution >= 0.6 is 0 Å². The highest BCUT2D eigenvalue weighted by Gasteiger charge is 2.18. The van der Waals surface area contributed by atoms with Crippen molar-refractivity contribution in [3.05, 3.63) is 0 Å². The van der Waals surface area contributed by atoms with Gasteiger partial charge in [-0.1, -0.05) is 67.2 Å². The molecule has 0 saturated carbocycles. The topological polar surface area (TPSA) is 0 Å². The maximum atomic E-state index is 2.43. The molecule has 0 saturated heterocycles. The highest BCUT2D eigenvalue weighted by molar-refractivity contribution is 4.69. The maximum absolute atomic E-state index is 2.43. The van der Waals surface area contributed by atoms with Gasteiger partial charge in [-0.05, 0) is 36.5 Å². The lowest BCUT2D eigenvalue weighted by Crippen LogP contribution is -2.14. The average molecular weight is 226 g/mol. The van der Waals surface area contributed by atoms with Crippen LogP contribution in [-0.4, -0.2) is 0 Å². The summed E-state index contributed by atoms with van der Waals surface area (Å²) in [5, 5.41) is 0. The Morgan fingerprint density at radius 1 is 0.750 bits per heavy atom. The van der Waals surface area contributed by atoms with E-state index >= 15 is 0 Å². The first-order valence-corrected chi connectivity index (χ1v) is 7.54. The summed E-state index contributed by atoms with van der Waals surface area (Å²) in [6, 6.07) is 0. The molecule has 16 heavy (non-hydrogen) atoms. The predicted molar refractivity (Wildman–Crippen MR) is 75.7 cm³/mol. The second-order valence-corrected chi connectivity index (χ2v) is 6.03. The van der Waals surface area contributed by atoms with Crippen molar-refractivity contribution in [2.45, 2.75) is 80.1 Å². The Balaban J connectivity index is 4.14. The van der Waals surface area contributed by atoms with Crippen LogP contribution < -0.4 is 0 Å². The Kier molecular flexibility index (Phi) is 9.07. The van der Waals surface area contributed by atoms with E-state index in [1.165, 1.54) is 38.5 Å². The van der Waals surface area contributed by atoms with Gasteiger partial charge in [0.15, 0.2) is 0 Å². The molecule has 0 radical (unpaired) electrons. The third-order valence-corrected chi connectivity index (χ3v) is 4.36. The van der Waals surface area contributed by atoms with Crippen molar-refractivity contribution in [2.24, 2.45) is 23.7 Å². The van der Waals surface area contributed by atoms with E-state index in [0.29, 0.717) is 0 Å². The van der Waals surface area contributed by atoms with Crippen LogP contribution in [0.1, 0.15) is 80.1 Å². The van der Waals surface area contributed by atoms with E-state index in [-0.39, 0.29) is 0 Å². The summed E-state index contributed by atoms with van der Waals surface area (Å²) in [6.45, 7) is 14.2. The molecule has 0 aromatic heterocycles. The molecule has 0 aliphatic rings. The van der Waals surface area contributed by atoms with Gasteiger partial charge in [-0.3, -0.25) is 0 Å². The van der Waals surface area contributed by atoms with Gasteiger partial charge >= 0.3 is 0 Å². The maximum Gasteiger partial charge on any atom is -0.0409 e. The molecule has 0 bridgehead atoms. The predicted octanol–water partition coefficient (Wildman–Crippen LogP) is 5.91. The monoisotopic (exact) mass is 226 g/mol. The van der Waals surface area contributed by atoms with E-state index in [4.69, 9.17) is 0 Å². The average Bonchev–Trinajstić information content (AvgIpc) is 2.25. The fourth-order valence-corrected chi connectivity index (χ4v) is 2.63. The summed E-state index contributed by atoms with van der Waals surface area (Å²) >= 11 is 0. The van der Waals surface area contributed by atoms with Crippen LogP contribution in [0.3, 0.4) is 0 Å². The minimum atomic E-state index is 0.848. The number of hydrogen-bond acceptors (Lipinski definition) is 0. The lowest BCUT2D eigenvalue weighted by atomic mass is 9.80. The first kappa shape index (κ1) is 16.0. The van der Waals surface area contributed by atoms with Gasteiger partial charge in [-0.25, -0.2) is 0 Å². The van der Waals surface area contributed by atoms with Crippen LogP contribution in [0.5, 0.6) is 0 Å². The van der Waals surface area contributed by atoms with Crippen LogP contribution in [-0.2, 0) is 0 Å². The number of rotatable bonds is 9. The van der Waals surface area contributed by atoms with Crippen molar-refractivity contribution in [1.82, 2.24) is 0 Å². The fourth-order valence-electron chi connectivity index (χ4n) is 2.63. The second-order valence-electron chi connectivity index (χ2n) is 6.03. The molecule has 0 aliphatic heterocycles. The van der Waals surface area contributed by atoms with Crippen molar-refractivity contribution < 1.29 is 0 Å². The Morgan fingerprint density at radius 3 is 1.69 bits per heavy atom. The van der Waals surface area contributed by atoms with E-state index in [2.05, 4.69) is 41.5 Å². The van der Waals surface area contributed by atoms with Crippen LogP contribution in [0.25, 0.3) is 0 Å². The van der Waals surface area contributed by atoms with Crippen LogP contribution in [0, 0.1) is 23.7 Å². The smallest absolute Gasteiger partial charge is 0.0409 e. The molecule has 0 nitrogen and oxygen atoms in total. The third-order valence-electron chi connectivity index (χ3n) is 4.36. The zero-order valence-electron chi connectivity index (χ0n) is 12.6. The third kappa shape index (κ3) is 6.55. The van der Waals surface area contributed by atoms with E-state index in [0.717, 1.165) is 23.7 Å². The minimum Gasteiger partial charge on any atom is -0.0654 e. The SMILES string of the molecule is CCCC(CC(CC)CC)CC(C)C(C)C. The molecule has 0 fully saturated rings. The molecule has 0 aromatic carbocycles. The molecule has 0 aliphatic carbocycles. The van der Waals surface area contributed by atoms with Gasteiger partial charge in [-0.2, -0.15) is 0 Å². The van der Waals surface area contributed by atoms with E-state index in [9.17, 15) is 0 Å². The molecule has 0 amide bonds. The van der Waals surface area contributed by atoms with Crippen LogP contribution in [0.2, 0.25) is 0 Å². The largest absolute Gasteiger partial charge is 0.0654 e. The van der Waals surface area contributed by atoms with Crippen LogP contribution in [0.15, 0.2) is 0 Å². The van der Waals surface area contributed by atoms with Gasteiger partial charge in [0.05, 0.1) is 0 Å². The van der Waals surface area contributed by atoms with Crippen LogP contribution in [0.4, 0.5) is 0 Å². The van der Waals surface area contributed by atoms with E-state index in [1.54, 1.807) is 0 Å². The minimum absolute atomic E-state index is 0.848. The molecule has 0 aromatic rings. The van der Waals surface area contributed by atoms with Gasteiger partial charge in [0.1, 0.15) is 0 Å². The quantitative estimate of drug-likeness (QED) is 0.458. The Bertz CT molecular complexity index is 140. The van der Waals surface area contributed by atoms with Crippen molar-refractivity contribution in [2.75, 3.05) is 0 Å². The lowest BCUT2D eigenvalue weighted by molar-refractivity contribution is 0.255.